The van der Waals surface area contributed by atoms with E-state index < -0.39 is 24.4 Å². The summed E-state index contributed by atoms with van der Waals surface area (Å²) < 4.78 is 16.2. The van der Waals surface area contributed by atoms with Gasteiger partial charge in [-0.25, -0.2) is 19.3 Å². The van der Waals surface area contributed by atoms with Crippen LogP contribution in [-0.2, 0) is 0 Å². The molecule has 1 aliphatic carbocycles. The molecule has 3 rings (SSSR count). The summed E-state index contributed by atoms with van der Waals surface area (Å²) in [5, 5.41) is 19.0. The molecule has 2 heterocycles. The van der Waals surface area contributed by atoms with Crippen molar-refractivity contribution in [1.82, 2.24) is 19.5 Å². The quantitative estimate of drug-likeness (QED) is 0.790. The van der Waals surface area contributed by atoms with Gasteiger partial charge in [0.05, 0.1) is 30.8 Å². The van der Waals surface area contributed by atoms with Crippen LogP contribution in [0.1, 0.15) is 18.2 Å². The van der Waals surface area contributed by atoms with Crippen LogP contribution in [0, 0.1) is 6.92 Å². The van der Waals surface area contributed by atoms with Crippen molar-refractivity contribution >= 4 is 11.2 Å². The number of imidazole rings is 1. The Kier molecular flexibility index (Phi) is 2.84. The first-order valence-corrected chi connectivity index (χ1v) is 6.30. The van der Waals surface area contributed by atoms with Crippen molar-refractivity contribution in [3.05, 3.63) is 30.5 Å². The average Bonchev–Trinajstić information content (AvgIpc) is 2.95. The predicted octanol–water partition coefficient (Wildman–Crippen LogP) is 0.697. The summed E-state index contributed by atoms with van der Waals surface area (Å²) in [6.07, 6.45) is 1.80. The molecule has 0 unspecified atom stereocenters. The zero-order valence-corrected chi connectivity index (χ0v) is 11.0. The van der Waals surface area contributed by atoms with Gasteiger partial charge in [-0.1, -0.05) is 6.58 Å². The summed E-state index contributed by atoms with van der Waals surface area (Å²) in [6, 6.07) is -0.485. The van der Waals surface area contributed by atoms with Gasteiger partial charge in [-0.05, 0) is 12.5 Å². The van der Waals surface area contributed by atoms with Crippen LogP contribution < -0.4 is 0 Å². The maximum absolute atomic E-state index is 14.5. The Morgan fingerprint density at radius 1 is 1.50 bits per heavy atom. The van der Waals surface area contributed by atoms with Crippen molar-refractivity contribution in [2.24, 2.45) is 0 Å². The molecule has 1 fully saturated rings. The van der Waals surface area contributed by atoms with Crippen LogP contribution in [0.5, 0.6) is 0 Å². The van der Waals surface area contributed by atoms with Gasteiger partial charge in [0.2, 0.25) is 0 Å². The highest BCUT2D eigenvalue weighted by atomic mass is 19.1. The first kappa shape index (κ1) is 13.1. The normalized spacial score (nSPS) is 30.3. The molecule has 7 heteroatoms. The second-order valence-corrected chi connectivity index (χ2v) is 5.10. The number of halogens is 1. The minimum Gasteiger partial charge on any atom is -0.393 e. The summed E-state index contributed by atoms with van der Waals surface area (Å²) in [7, 11) is 0. The lowest BCUT2D eigenvalue weighted by Gasteiger charge is -2.22. The molecule has 3 atom stereocenters. The van der Waals surface area contributed by atoms with Crippen LogP contribution in [0.4, 0.5) is 4.39 Å². The molecule has 0 amide bonds. The number of hydrogen-bond donors (Lipinski definition) is 2. The van der Waals surface area contributed by atoms with E-state index >= 15 is 0 Å². The maximum Gasteiger partial charge on any atom is 0.182 e. The highest BCUT2D eigenvalue weighted by Crippen LogP contribution is 2.45. The molecule has 0 bridgehead atoms. The number of alkyl halides is 1. The van der Waals surface area contributed by atoms with Gasteiger partial charge in [-0.3, -0.25) is 0 Å². The molecule has 0 aliphatic heterocycles. The lowest BCUT2D eigenvalue weighted by molar-refractivity contribution is -0.00222. The molecule has 2 N–H and O–H groups in total. The summed E-state index contributed by atoms with van der Waals surface area (Å²) in [4.78, 5) is 12.4. The van der Waals surface area contributed by atoms with Gasteiger partial charge in [0.15, 0.2) is 11.3 Å². The second-order valence-electron chi connectivity index (χ2n) is 5.10. The van der Waals surface area contributed by atoms with E-state index in [0.29, 0.717) is 11.2 Å². The molecule has 20 heavy (non-hydrogen) atoms. The number of aliphatic hydroxyl groups is 2. The zero-order valence-electron chi connectivity index (χ0n) is 11.0. The highest BCUT2D eigenvalue weighted by Gasteiger charge is 2.51. The smallest absolute Gasteiger partial charge is 0.182 e. The van der Waals surface area contributed by atoms with Crippen LogP contribution in [0.25, 0.3) is 11.2 Å². The van der Waals surface area contributed by atoms with E-state index in [0.717, 1.165) is 5.69 Å². The van der Waals surface area contributed by atoms with Gasteiger partial charge in [-0.15, -0.1) is 0 Å². The SMILES string of the molecule is C=C1[C@H](n2cnc3c(C)ncnc32)C[C@H](O)[C@]1(F)CO. The summed E-state index contributed by atoms with van der Waals surface area (Å²) >= 11 is 0. The van der Waals surface area contributed by atoms with E-state index in [1.807, 2.05) is 6.92 Å². The number of aromatic nitrogens is 4. The van der Waals surface area contributed by atoms with Crippen molar-refractivity contribution in [1.29, 1.82) is 0 Å². The Balaban J connectivity index is 2.09. The second kappa shape index (κ2) is 4.32. The predicted molar refractivity (Wildman–Crippen MR) is 69.8 cm³/mol. The van der Waals surface area contributed by atoms with Gasteiger partial charge >= 0.3 is 0 Å². The lowest BCUT2D eigenvalue weighted by atomic mass is 9.99. The van der Waals surface area contributed by atoms with Gasteiger partial charge in [0, 0.05) is 6.42 Å². The van der Waals surface area contributed by atoms with Crippen molar-refractivity contribution < 1.29 is 14.6 Å². The fourth-order valence-electron chi connectivity index (χ4n) is 2.72. The van der Waals surface area contributed by atoms with Crippen LogP contribution >= 0.6 is 0 Å². The van der Waals surface area contributed by atoms with Crippen molar-refractivity contribution in [2.45, 2.75) is 31.2 Å². The molecule has 0 saturated heterocycles. The Labute approximate surface area is 114 Å². The third-order valence-electron chi connectivity index (χ3n) is 4.02. The molecule has 106 valence electrons. The first-order valence-electron chi connectivity index (χ1n) is 6.30. The largest absolute Gasteiger partial charge is 0.393 e. The Morgan fingerprint density at radius 3 is 2.90 bits per heavy atom. The molecule has 2 aromatic rings. The minimum absolute atomic E-state index is 0.129. The number of aryl methyl sites for hydroxylation is 1. The van der Waals surface area contributed by atoms with Gasteiger partial charge < -0.3 is 14.8 Å². The average molecular weight is 278 g/mol. The van der Waals surface area contributed by atoms with Gasteiger partial charge in [-0.2, -0.15) is 0 Å². The van der Waals surface area contributed by atoms with E-state index in [1.165, 1.54) is 12.7 Å². The molecule has 2 aromatic heterocycles. The number of rotatable bonds is 2. The summed E-state index contributed by atoms with van der Waals surface area (Å²) in [5.74, 6) is 0. The van der Waals surface area contributed by atoms with E-state index in [9.17, 15) is 14.6 Å². The topological polar surface area (TPSA) is 84.1 Å². The molecule has 0 radical (unpaired) electrons. The molecule has 6 nitrogen and oxygen atoms in total. The van der Waals surface area contributed by atoms with Crippen LogP contribution in [0.3, 0.4) is 0 Å². The highest BCUT2D eigenvalue weighted by molar-refractivity contribution is 5.73. The van der Waals surface area contributed by atoms with Crippen LogP contribution in [-0.4, -0.2) is 48.1 Å². The van der Waals surface area contributed by atoms with E-state index in [-0.39, 0.29) is 12.0 Å². The van der Waals surface area contributed by atoms with E-state index in [1.54, 1.807) is 4.57 Å². The number of hydrogen-bond acceptors (Lipinski definition) is 5. The summed E-state index contributed by atoms with van der Waals surface area (Å²) in [5.41, 5.74) is -0.105. The molecule has 1 aliphatic rings. The Bertz CT molecular complexity index is 686. The monoisotopic (exact) mass is 278 g/mol. The first-order chi connectivity index (χ1) is 9.49. The summed E-state index contributed by atoms with van der Waals surface area (Å²) in [6.45, 7) is 4.73. The standard InChI is InChI=1S/C13H15FN4O2/c1-7-9(3-10(20)13(7,14)4-19)18-6-17-11-8(2)15-5-16-12(11)18/h5-6,9-10,19-20H,1,3-4H2,2H3/t9-,10+,13+/m1/s1. The minimum atomic E-state index is -2.18. The number of aliphatic hydroxyl groups excluding tert-OH is 2. The lowest BCUT2D eigenvalue weighted by Crippen LogP contribution is -2.37. The van der Waals surface area contributed by atoms with E-state index in [4.69, 9.17) is 0 Å². The third kappa shape index (κ3) is 1.60. The van der Waals surface area contributed by atoms with Crippen molar-refractivity contribution in [3.8, 4) is 0 Å². The number of fused-ring (bicyclic) bond motifs is 1. The van der Waals surface area contributed by atoms with Gasteiger partial charge in [0.25, 0.3) is 0 Å². The van der Waals surface area contributed by atoms with Crippen LogP contribution in [0.15, 0.2) is 24.8 Å². The molecule has 1 saturated carbocycles. The van der Waals surface area contributed by atoms with Gasteiger partial charge in [0.1, 0.15) is 11.8 Å². The fourth-order valence-corrected chi connectivity index (χ4v) is 2.72. The van der Waals surface area contributed by atoms with Crippen molar-refractivity contribution in [2.75, 3.05) is 6.61 Å². The molecular formula is C13H15FN4O2. The fraction of sp³-hybridized carbons (Fsp3) is 0.462. The molecule has 0 aromatic carbocycles. The Morgan fingerprint density at radius 2 is 2.25 bits per heavy atom. The number of nitrogens with zero attached hydrogens (tertiary/aromatic N) is 4. The molecular weight excluding hydrogens is 263 g/mol. The Hall–Kier alpha value is -1.86. The van der Waals surface area contributed by atoms with Crippen LogP contribution in [0.2, 0.25) is 0 Å². The van der Waals surface area contributed by atoms with Crippen molar-refractivity contribution in [3.63, 3.8) is 0 Å². The maximum atomic E-state index is 14.5. The molecule has 0 spiro atoms. The van der Waals surface area contributed by atoms with E-state index in [2.05, 4.69) is 21.5 Å². The third-order valence-corrected chi connectivity index (χ3v) is 4.02. The zero-order chi connectivity index (χ0) is 14.5.